The molecule has 0 radical (unpaired) electrons. The quantitative estimate of drug-likeness (QED) is 0.870. The van der Waals surface area contributed by atoms with Crippen molar-refractivity contribution in [1.82, 2.24) is 5.32 Å². The Balaban J connectivity index is 1.75. The molecule has 2 aliphatic rings. The molecule has 3 rings (SSSR count). The number of nitrogens with one attached hydrogen (secondary N) is 1. The summed E-state index contributed by atoms with van der Waals surface area (Å²) in [4.78, 5) is 0. The summed E-state index contributed by atoms with van der Waals surface area (Å²) in [6, 6.07) is 5.03. The maximum atomic E-state index is 5.89. The minimum Gasteiger partial charge on any atom is -0.493 e. The zero-order valence-electron chi connectivity index (χ0n) is 13.1. The fourth-order valence-corrected chi connectivity index (χ4v) is 4.48. The van der Waals surface area contributed by atoms with Gasteiger partial charge in [-0.3, -0.25) is 0 Å². The Labute approximate surface area is 136 Å². The molecule has 3 heteroatoms. The van der Waals surface area contributed by atoms with Crippen molar-refractivity contribution in [2.45, 2.75) is 51.5 Å². The maximum Gasteiger partial charge on any atom is 0.125 e. The van der Waals surface area contributed by atoms with Crippen LogP contribution < -0.4 is 10.1 Å². The molecule has 1 saturated carbocycles. The van der Waals surface area contributed by atoms with E-state index in [0.717, 1.165) is 37.0 Å². The number of halogens is 1. The average Bonchev–Trinajstić information content (AvgIpc) is 2.94. The summed E-state index contributed by atoms with van der Waals surface area (Å²) in [5.41, 5.74) is 2.74. The molecule has 0 amide bonds. The molecule has 1 atom stereocenters. The lowest BCUT2D eigenvalue weighted by molar-refractivity contribution is 0.234. The molecule has 0 bridgehead atoms. The van der Waals surface area contributed by atoms with E-state index in [4.69, 9.17) is 4.74 Å². The van der Waals surface area contributed by atoms with Crippen molar-refractivity contribution in [2.75, 3.05) is 13.7 Å². The summed E-state index contributed by atoms with van der Waals surface area (Å²) in [6.45, 7) is 3.23. The topological polar surface area (TPSA) is 21.3 Å². The van der Waals surface area contributed by atoms with Gasteiger partial charge in [-0.15, -0.1) is 0 Å². The molecule has 1 fully saturated rings. The van der Waals surface area contributed by atoms with Gasteiger partial charge in [0.2, 0.25) is 0 Å². The average molecular weight is 352 g/mol. The number of hydrogen-bond acceptors (Lipinski definition) is 2. The lowest BCUT2D eigenvalue weighted by Gasteiger charge is -2.33. The van der Waals surface area contributed by atoms with Crippen molar-refractivity contribution in [1.29, 1.82) is 0 Å². The van der Waals surface area contributed by atoms with Gasteiger partial charge >= 0.3 is 0 Å². The van der Waals surface area contributed by atoms with Gasteiger partial charge in [0.05, 0.1) is 6.61 Å². The van der Waals surface area contributed by atoms with Crippen LogP contribution in [0.5, 0.6) is 5.75 Å². The SMILES string of the molecule is CNC(Cc1cc(Br)cc2c1OCC2)C1CCC(C)CC1. The Morgan fingerprint density at radius 3 is 2.76 bits per heavy atom. The molecular weight excluding hydrogens is 326 g/mol. The predicted molar refractivity (Wildman–Crippen MR) is 91.0 cm³/mol. The van der Waals surface area contributed by atoms with E-state index in [1.165, 1.54) is 41.3 Å². The third kappa shape index (κ3) is 3.45. The Kier molecular flexibility index (Phi) is 4.90. The first-order valence-corrected chi connectivity index (χ1v) is 9.08. The van der Waals surface area contributed by atoms with Crippen molar-refractivity contribution in [2.24, 2.45) is 11.8 Å². The summed E-state index contributed by atoms with van der Waals surface area (Å²) in [6.07, 6.45) is 7.63. The number of likely N-dealkylation sites (N-methyl/N-ethyl adjacent to an activating group) is 1. The largest absolute Gasteiger partial charge is 0.493 e. The minimum atomic E-state index is 0.570. The van der Waals surface area contributed by atoms with Crippen LogP contribution in [0.4, 0.5) is 0 Å². The molecule has 1 aromatic rings. The predicted octanol–water partition coefficient (Wildman–Crippen LogP) is 4.34. The van der Waals surface area contributed by atoms with Crippen molar-refractivity contribution in [3.8, 4) is 5.75 Å². The van der Waals surface area contributed by atoms with Crippen LogP contribution in [0.1, 0.15) is 43.7 Å². The Hall–Kier alpha value is -0.540. The van der Waals surface area contributed by atoms with Crippen LogP contribution in [0, 0.1) is 11.8 Å². The van der Waals surface area contributed by atoms with E-state index in [0.29, 0.717) is 6.04 Å². The summed E-state index contributed by atoms with van der Waals surface area (Å²) in [5.74, 6) is 2.88. The highest BCUT2D eigenvalue weighted by atomic mass is 79.9. The third-order valence-electron chi connectivity index (χ3n) is 5.27. The van der Waals surface area contributed by atoms with E-state index in [1.54, 1.807) is 0 Å². The summed E-state index contributed by atoms with van der Waals surface area (Å²) in [7, 11) is 2.11. The number of ether oxygens (including phenoxy) is 1. The number of rotatable bonds is 4. The van der Waals surface area contributed by atoms with E-state index in [2.05, 4.69) is 47.4 Å². The Morgan fingerprint density at radius 2 is 2.05 bits per heavy atom. The van der Waals surface area contributed by atoms with Crippen LogP contribution in [0.2, 0.25) is 0 Å². The van der Waals surface area contributed by atoms with Crippen molar-refractivity contribution in [3.63, 3.8) is 0 Å². The van der Waals surface area contributed by atoms with E-state index in [-0.39, 0.29) is 0 Å². The van der Waals surface area contributed by atoms with Crippen LogP contribution >= 0.6 is 15.9 Å². The minimum absolute atomic E-state index is 0.570. The van der Waals surface area contributed by atoms with Gasteiger partial charge in [0.15, 0.2) is 0 Å². The van der Waals surface area contributed by atoms with Crippen molar-refractivity contribution >= 4 is 15.9 Å². The maximum absolute atomic E-state index is 5.89. The molecule has 0 spiro atoms. The van der Waals surface area contributed by atoms with Crippen LogP contribution in [-0.4, -0.2) is 19.7 Å². The number of fused-ring (bicyclic) bond motifs is 1. The number of benzene rings is 1. The van der Waals surface area contributed by atoms with Crippen LogP contribution in [0.15, 0.2) is 16.6 Å². The highest BCUT2D eigenvalue weighted by Crippen LogP contribution is 2.36. The second-order valence-corrected chi connectivity index (χ2v) is 7.69. The number of hydrogen-bond donors (Lipinski definition) is 1. The molecule has 1 aliphatic carbocycles. The second-order valence-electron chi connectivity index (χ2n) is 6.77. The van der Waals surface area contributed by atoms with Gasteiger partial charge < -0.3 is 10.1 Å². The molecule has 1 aliphatic heterocycles. The molecule has 21 heavy (non-hydrogen) atoms. The molecule has 0 aromatic heterocycles. The van der Waals surface area contributed by atoms with Gasteiger partial charge in [0.25, 0.3) is 0 Å². The third-order valence-corrected chi connectivity index (χ3v) is 5.72. The van der Waals surface area contributed by atoms with Gasteiger partial charge in [-0.2, -0.15) is 0 Å². The zero-order chi connectivity index (χ0) is 14.8. The van der Waals surface area contributed by atoms with Crippen LogP contribution in [0.3, 0.4) is 0 Å². The molecule has 0 saturated heterocycles. The smallest absolute Gasteiger partial charge is 0.125 e. The van der Waals surface area contributed by atoms with Gasteiger partial charge in [0, 0.05) is 16.9 Å². The fourth-order valence-electron chi connectivity index (χ4n) is 3.93. The standard InChI is InChI=1S/C18H26BrNO/c1-12-3-5-13(6-4-12)17(20-2)11-15-10-16(19)9-14-7-8-21-18(14)15/h9-10,12-13,17,20H,3-8,11H2,1-2H3. The lowest BCUT2D eigenvalue weighted by Crippen LogP contribution is -2.37. The van der Waals surface area contributed by atoms with E-state index >= 15 is 0 Å². The van der Waals surface area contributed by atoms with Gasteiger partial charge in [-0.25, -0.2) is 0 Å². The van der Waals surface area contributed by atoms with Crippen molar-refractivity contribution < 1.29 is 4.74 Å². The first-order chi connectivity index (χ1) is 10.2. The van der Waals surface area contributed by atoms with Crippen LogP contribution in [0.25, 0.3) is 0 Å². The zero-order valence-corrected chi connectivity index (χ0v) is 14.7. The van der Waals surface area contributed by atoms with Crippen LogP contribution in [-0.2, 0) is 12.8 Å². The summed E-state index contributed by atoms with van der Waals surface area (Å²) < 4.78 is 7.07. The molecule has 1 aromatic carbocycles. The first-order valence-electron chi connectivity index (χ1n) is 8.28. The summed E-state index contributed by atoms with van der Waals surface area (Å²) in [5, 5.41) is 3.57. The fraction of sp³-hybridized carbons (Fsp3) is 0.667. The summed E-state index contributed by atoms with van der Waals surface area (Å²) >= 11 is 3.66. The van der Waals surface area contributed by atoms with Gasteiger partial charge in [0.1, 0.15) is 5.75 Å². The van der Waals surface area contributed by atoms with E-state index in [1.807, 2.05) is 0 Å². The lowest BCUT2D eigenvalue weighted by atomic mass is 9.77. The molecule has 116 valence electrons. The monoisotopic (exact) mass is 351 g/mol. The molecule has 1 unspecified atom stereocenters. The molecule has 2 nitrogen and oxygen atoms in total. The highest BCUT2D eigenvalue weighted by Gasteiger charge is 2.27. The normalized spacial score (nSPS) is 26.2. The Morgan fingerprint density at radius 1 is 1.29 bits per heavy atom. The molecule has 1 heterocycles. The van der Waals surface area contributed by atoms with E-state index in [9.17, 15) is 0 Å². The first kappa shape index (κ1) is 15.4. The van der Waals surface area contributed by atoms with Gasteiger partial charge in [-0.1, -0.05) is 35.7 Å². The van der Waals surface area contributed by atoms with Crippen molar-refractivity contribution in [3.05, 3.63) is 27.7 Å². The Bertz CT molecular complexity index is 494. The van der Waals surface area contributed by atoms with Gasteiger partial charge in [-0.05, 0) is 61.4 Å². The second kappa shape index (κ2) is 6.70. The van der Waals surface area contributed by atoms with E-state index < -0.39 is 0 Å². The molecule has 1 N–H and O–H groups in total. The highest BCUT2D eigenvalue weighted by molar-refractivity contribution is 9.10. The molecular formula is C18H26BrNO.